The molecule has 0 unspecified atom stereocenters. The van der Waals surface area contributed by atoms with Gasteiger partial charge in [0.05, 0.1) is 16.8 Å². The van der Waals surface area contributed by atoms with Gasteiger partial charge in [-0.15, -0.1) is 0 Å². The molecule has 0 aliphatic carbocycles. The van der Waals surface area contributed by atoms with E-state index in [1.165, 1.54) is 0 Å². The number of hydrogen-bond donors (Lipinski definition) is 1. The van der Waals surface area contributed by atoms with Crippen molar-refractivity contribution in [2.24, 2.45) is 0 Å². The molecule has 0 aliphatic rings. The van der Waals surface area contributed by atoms with Gasteiger partial charge in [0.2, 0.25) is 0 Å². The van der Waals surface area contributed by atoms with Crippen molar-refractivity contribution in [1.82, 2.24) is 4.98 Å². The zero-order chi connectivity index (χ0) is 14.0. The lowest BCUT2D eigenvalue weighted by atomic mass is 10.1. The summed E-state index contributed by atoms with van der Waals surface area (Å²) in [6, 6.07) is 9.00. The molecule has 3 nitrogen and oxygen atoms in total. The summed E-state index contributed by atoms with van der Waals surface area (Å²) in [7, 11) is 0. The lowest BCUT2D eigenvalue weighted by molar-refractivity contribution is -0.138. The molecule has 0 amide bonds. The monoisotopic (exact) mass is 267 g/mol. The van der Waals surface area contributed by atoms with Gasteiger partial charge in [-0.2, -0.15) is 13.2 Å². The van der Waals surface area contributed by atoms with E-state index in [1.54, 1.807) is 30.3 Å². The van der Waals surface area contributed by atoms with E-state index in [0.29, 0.717) is 5.56 Å². The Morgan fingerprint density at radius 3 is 2.32 bits per heavy atom. The first-order valence-electron chi connectivity index (χ1n) is 5.25. The third kappa shape index (κ3) is 2.73. The fourth-order valence-corrected chi connectivity index (χ4v) is 1.63. The number of carboxylic acid groups (broad SMARTS) is 1. The van der Waals surface area contributed by atoms with E-state index < -0.39 is 23.3 Å². The summed E-state index contributed by atoms with van der Waals surface area (Å²) in [5.41, 5.74) is -1.48. The number of benzene rings is 1. The molecule has 0 saturated carbocycles. The van der Waals surface area contributed by atoms with Gasteiger partial charge in [0.25, 0.3) is 0 Å². The number of rotatable bonds is 2. The molecule has 0 atom stereocenters. The molecule has 6 heteroatoms. The van der Waals surface area contributed by atoms with Crippen LogP contribution in [0.2, 0.25) is 0 Å². The van der Waals surface area contributed by atoms with Gasteiger partial charge >= 0.3 is 12.1 Å². The highest BCUT2D eigenvalue weighted by Crippen LogP contribution is 2.34. The Morgan fingerprint density at radius 2 is 1.79 bits per heavy atom. The van der Waals surface area contributed by atoms with Gasteiger partial charge in [-0.25, -0.2) is 4.79 Å². The van der Waals surface area contributed by atoms with Crippen LogP contribution in [0.3, 0.4) is 0 Å². The third-order valence-electron chi connectivity index (χ3n) is 2.51. The highest BCUT2D eigenvalue weighted by Gasteiger charge is 2.36. The number of pyridine rings is 1. The molecule has 2 rings (SSSR count). The second kappa shape index (κ2) is 4.72. The Bertz CT molecular complexity index is 609. The van der Waals surface area contributed by atoms with Crippen LogP contribution in [0, 0.1) is 0 Å². The van der Waals surface area contributed by atoms with Gasteiger partial charge in [-0.05, 0) is 6.07 Å². The molecule has 1 N–H and O–H groups in total. The van der Waals surface area contributed by atoms with Gasteiger partial charge < -0.3 is 5.11 Å². The summed E-state index contributed by atoms with van der Waals surface area (Å²) < 4.78 is 38.4. The van der Waals surface area contributed by atoms with E-state index in [1.807, 2.05) is 0 Å². The van der Waals surface area contributed by atoms with Gasteiger partial charge in [0.15, 0.2) is 0 Å². The summed E-state index contributed by atoms with van der Waals surface area (Å²) in [6.45, 7) is 0. The largest absolute Gasteiger partial charge is 0.478 e. The van der Waals surface area contributed by atoms with Gasteiger partial charge in [-0.1, -0.05) is 30.3 Å². The molecular formula is C13H8F3NO2. The molecule has 0 spiro atoms. The van der Waals surface area contributed by atoms with Crippen LogP contribution in [-0.2, 0) is 6.18 Å². The number of carboxylic acids is 1. The maximum atomic E-state index is 12.8. The molecule has 1 heterocycles. The van der Waals surface area contributed by atoms with Crippen molar-refractivity contribution < 1.29 is 23.1 Å². The van der Waals surface area contributed by atoms with E-state index in [2.05, 4.69) is 4.98 Å². The Labute approximate surface area is 106 Å². The quantitative estimate of drug-likeness (QED) is 0.906. The Hall–Kier alpha value is -2.37. The normalized spacial score (nSPS) is 11.3. The molecule has 0 saturated heterocycles. The lowest BCUT2D eigenvalue weighted by Crippen LogP contribution is -2.13. The maximum Gasteiger partial charge on any atom is 0.417 e. The first kappa shape index (κ1) is 13.1. The Kier molecular flexibility index (Phi) is 3.25. The average Bonchev–Trinajstić information content (AvgIpc) is 2.38. The van der Waals surface area contributed by atoms with Gasteiger partial charge in [0.1, 0.15) is 0 Å². The molecule has 0 radical (unpaired) electrons. The first-order valence-corrected chi connectivity index (χ1v) is 5.25. The van der Waals surface area contributed by atoms with Crippen LogP contribution >= 0.6 is 0 Å². The predicted octanol–water partition coefficient (Wildman–Crippen LogP) is 3.47. The van der Waals surface area contributed by atoms with E-state index in [-0.39, 0.29) is 5.69 Å². The van der Waals surface area contributed by atoms with Crippen LogP contribution in [0.4, 0.5) is 13.2 Å². The number of hydrogen-bond acceptors (Lipinski definition) is 2. The molecule has 1 aromatic carbocycles. The number of aromatic carboxylic acids is 1. The van der Waals surface area contributed by atoms with Crippen LogP contribution < -0.4 is 0 Å². The maximum absolute atomic E-state index is 12.8. The minimum absolute atomic E-state index is 0.0814. The van der Waals surface area contributed by atoms with Gasteiger partial charge in [0, 0.05) is 11.8 Å². The van der Waals surface area contributed by atoms with Crippen LogP contribution in [0.5, 0.6) is 0 Å². The van der Waals surface area contributed by atoms with Crippen molar-refractivity contribution in [2.45, 2.75) is 6.18 Å². The molecule has 0 bridgehead atoms. The van der Waals surface area contributed by atoms with Crippen LogP contribution in [-0.4, -0.2) is 16.1 Å². The third-order valence-corrected chi connectivity index (χ3v) is 2.51. The van der Waals surface area contributed by atoms with Crippen LogP contribution in [0.1, 0.15) is 15.9 Å². The van der Waals surface area contributed by atoms with Crippen molar-refractivity contribution >= 4 is 5.97 Å². The molecule has 1 aromatic heterocycles. The Balaban J connectivity index is 2.60. The number of carbonyl (C=O) groups is 1. The summed E-state index contributed by atoms with van der Waals surface area (Å²) in [5.74, 6) is -1.65. The standard InChI is InChI=1S/C13H8F3NO2/c14-13(15,16)10-6-11(8-4-2-1-3-5-8)17-7-9(10)12(18)19/h1-7H,(H,18,19). The lowest BCUT2D eigenvalue weighted by Gasteiger charge is -2.11. The first-order chi connectivity index (χ1) is 8.89. The summed E-state index contributed by atoms with van der Waals surface area (Å²) >= 11 is 0. The van der Waals surface area contributed by atoms with Crippen molar-refractivity contribution in [3.63, 3.8) is 0 Å². The summed E-state index contributed by atoms with van der Waals surface area (Å²) in [4.78, 5) is 14.5. The van der Waals surface area contributed by atoms with E-state index in [4.69, 9.17) is 5.11 Å². The fourth-order valence-electron chi connectivity index (χ4n) is 1.63. The molecule has 0 aliphatic heterocycles. The number of alkyl halides is 3. The van der Waals surface area contributed by atoms with Crippen LogP contribution in [0.15, 0.2) is 42.6 Å². The molecule has 98 valence electrons. The summed E-state index contributed by atoms with van der Waals surface area (Å²) in [5, 5.41) is 8.75. The number of halogens is 3. The highest BCUT2D eigenvalue weighted by molar-refractivity contribution is 5.89. The van der Waals surface area contributed by atoms with Crippen LogP contribution in [0.25, 0.3) is 11.3 Å². The fraction of sp³-hybridized carbons (Fsp3) is 0.0769. The zero-order valence-corrected chi connectivity index (χ0v) is 9.48. The molecular weight excluding hydrogens is 259 g/mol. The Morgan fingerprint density at radius 1 is 1.16 bits per heavy atom. The minimum Gasteiger partial charge on any atom is -0.478 e. The number of aromatic nitrogens is 1. The van der Waals surface area contributed by atoms with Gasteiger partial charge in [-0.3, -0.25) is 4.98 Å². The topological polar surface area (TPSA) is 50.2 Å². The zero-order valence-electron chi connectivity index (χ0n) is 9.48. The second-order valence-corrected chi connectivity index (χ2v) is 3.78. The van der Waals surface area contributed by atoms with Crippen molar-refractivity contribution in [1.29, 1.82) is 0 Å². The summed E-state index contributed by atoms with van der Waals surface area (Å²) in [6.07, 6.45) is -4.01. The molecule has 2 aromatic rings. The van der Waals surface area contributed by atoms with Crippen molar-refractivity contribution in [3.05, 3.63) is 53.7 Å². The average molecular weight is 267 g/mol. The highest BCUT2D eigenvalue weighted by atomic mass is 19.4. The SMILES string of the molecule is O=C(O)c1cnc(-c2ccccc2)cc1C(F)(F)F. The second-order valence-electron chi connectivity index (χ2n) is 3.78. The minimum atomic E-state index is -4.74. The van der Waals surface area contributed by atoms with Crippen molar-refractivity contribution in [2.75, 3.05) is 0 Å². The molecule has 0 fully saturated rings. The van der Waals surface area contributed by atoms with E-state index >= 15 is 0 Å². The van der Waals surface area contributed by atoms with Crippen molar-refractivity contribution in [3.8, 4) is 11.3 Å². The predicted molar refractivity (Wildman–Crippen MR) is 61.6 cm³/mol. The van der Waals surface area contributed by atoms with E-state index in [0.717, 1.165) is 12.3 Å². The smallest absolute Gasteiger partial charge is 0.417 e. The van der Waals surface area contributed by atoms with E-state index in [9.17, 15) is 18.0 Å². The molecule has 19 heavy (non-hydrogen) atoms. The number of nitrogens with zero attached hydrogens (tertiary/aromatic N) is 1.